The molecule has 6 heteroatoms. The molecule has 22 heavy (non-hydrogen) atoms. The van der Waals surface area contributed by atoms with Gasteiger partial charge in [-0.15, -0.1) is 0 Å². The molecule has 0 saturated heterocycles. The average Bonchev–Trinajstić information content (AvgIpc) is 3.17. The van der Waals surface area contributed by atoms with Gasteiger partial charge in [0, 0.05) is 5.52 Å². The number of aromatic nitrogens is 3. The third-order valence-corrected chi connectivity index (χ3v) is 3.40. The fraction of sp³-hybridized carbons (Fsp3) is 0.0625. The van der Waals surface area contributed by atoms with Crippen LogP contribution in [0.25, 0.3) is 33.9 Å². The summed E-state index contributed by atoms with van der Waals surface area (Å²) in [6.45, 7) is 1.99. The molecule has 0 unspecified atom stereocenters. The third-order valence-electron chi connectivity index (χ3n) is 3.40. The van der Waals surface area contributed by atoms with E-state index in [1.165, 1.54) is 6.26 Å². The molecule has 3 heterocycles. The highest BCUT2D eigenvalue weighted by Crippen LogP contribution is 2.22. The van der Waals surface area contributed by atoms with Crippen molar-refractivity contribution in [2.45, 2.75) is 6.92 Å². The Hall–Kier alpha value is -3.15. The monoisotopic (exact) mass is 293 g/mol. The zero-order chi connectivity index (χ0) is 15.1. The van der Waals surface area contributed by atoms with Gasteiger partial charge in [0.2, 0.25) is 5.82 Å². The van der Waals surface area contributed by atoms with Gasteiger partial charge < -0.3 is 13.9 Å². The Morgan fingerprint density at radius 1 is 1.18 bits per heavy atom. The molecule has 0 amide bonds. The lowest BCUT2D eigenvalue weighted by Gasteiger charge is -2.01. The lowest BCUT2D eigenvalue weighted by molar-refractivity contribution is 0.417. The van der Waals surface area contributed by atoms with Crippen LogP contribution in [-0.2, 0) is 0 Å². The summed E-state index contributed by atoms with van der Waals surface area (Å²) in [5.41, 5.74) is 1.98. The summed E-state index contributed by atoms with van der Waals surface area (Å²) in [5, 5.41) is 4.78. The number of nitrogens with one attached hydrogen (secondary N) is 1. The Balaban J connectivity index is 1.87. The van der Waals surface area contributed by atoms with E-state index >= 15 is 0 Å². The lowest BCUT2D eigenvalue weighted by atomic mass is 10.1. The number of aromatic amines is 1. The van der Waals surface area contributed by atoms with E-state index in [0.29, 0.717) is 11.3 Å². The minimum Gasteiger partial charge on any atom is -0.459 e. The first kappa shape index (κ1) is 12.6. The largest absolute Gasteiger partial charge is 0.459 e. The van der Waals surface area contributed by atoms with Gasteiger partial charge >= 0.3 is 0 Å². The first-order valence-electron chi connectivity index (χ1n) is 6.72. The smallest absolute Gasteiger partial charge is 0.293 e. The van der Waals surface area contributed by atoms with Crippen molar-refractivity contribution in [2.24, 2.45) is 0 Å². The summed E-state index contributed by atoms with van der Waals surface area (Å²) in [7, 11) is 0. The van der Waals surface area contributed by atoms with Gasteiger partial charge in [-0.2, -0.15) is 4.98 Å². The minimum absolute atomic E-state index is 0.232. The molecule has 0 aliphatic rings. The molecule has 4 rings (SSSR count). The van der Waals surface area contributed by atoms with Gasteiger partial charge in [0.05, 0.1) is 11.8 Å². The number of rotatable bonds is 2. The van der Waals surface area contributed by atoms with E-state index in [2.05, 4.69) is 15.1 Å². The van der Waals surface area contributed by atoms with Crippen molar-refractivity contribution in [1.82, 2.24) is 15.1 Å². The minimum atomic E-state index is -0.261. The second-order valence-corrected chi connectivity index (χ2v) is 5.00. The molecular formula is C16H11N3O3. The molecular weight excluding hydrogens is 282 g/mol. The van der Waals surface area contributed by atoms with E-state index in [9.17, 15) is 4.79 Å². The molecule has 0 atom stereocenters. The number of pyridine rings is 1. The van der Waals surface area contributed by atoms with Gasteiger partial charge in [0.1, 0.15) is 0 Å². The predicted octanol–water partition coefficient (Wildman–Crippen LogP) is 3.15. The number of fused-ring (bicyclic) bond motifs is 1. The van der Waals surface area contributed by atoms with Gasteiger partial charge in [-0.1, -0.05) is 16.8 Å². The van der Waals surface area contributed by atoms with Crippen LogP contribution in [0.5, 0.6) is 0 Å². The molecule has 0 aliphatic heterocycles. The topological polar surface area (TPSA) is 84.9 Å². The second-order valence-electron chi connectivity index (χ2n) is 5.00. The van der Waals surface area contributed by atoms with Crippen molar-refractivity contribution in [3.8, 4) is 23.0 Å². The van der Waals surface area contributed by atoms with Crippen LogP contribution in [0.15, 0.2) is 56.4 Å². The van der Waals surface area contributed by atoms with Crippen LogP contribution >= 0.6 is 0 Å². The number of benzene rings is 1. The van der Waals surface area contributed by atoms with E-state index in [0.717, 1.165) is 16.5 Å². The maximum absolute atomic E-state index is 12.2. The molecule has 1 aromatic carbocycles. The van der Waals surface area contributed by atoms with E-state index in [-0.39, 0.29) is 17.3 Å². The van der Waals surface area contributed by atoms with Gasteiger partial charge in [-0.25, -0.2) is 0 Å². The average molecular weight is 293 g/mol. The molecule has 0 saturated carbocycles. The van der Waals surface area contributed by atoms with Crippen LogP contribution in [0, 0.1) is 6.92 Å². The number of H-pyrrole nitrogens is 1. The summed E-state index contributed by atoms with van der Waals surface area (Å²) >= 11 is 0. The Kier molecular flexibility index (Phi) is 2.69. The molecule has 0 fully saturated rings. The molecule has 0 aliphatic carbocycles. The number of aryl methyl sites for hydroxylation is 1. The summed E-state index contributed by atoms with van der Waals surface area (Å²) in [4.78, 5) is 19.3. The van der Waals surface area contributed by atoms with E-state index in [1.54, 1.807) is 18.2 Å². The van der Waals surface area contributed by atoms with Crippen molar-refractivity contribution < 1.29 is 8.94 Å². The summed E-state index contributed by atoms with van der Waals surface area (Å²) in [6, 6.07) is 11.0. The molecule has 0 spiro atoms. The van der Waals surface area contributed by atoms with Crippen molar-refractivity contribution in [1.29, 1.82) is 0 Å². The number of hydrogen-bond acceptors (Lipinski definition) is 5. The lowest BCUT2D eigenvalue weighted by Crippen LogP contribution is -2.09. The highest BCUT2D eigenvalue weighted by atomic mass is 16.5. The Morgan fingerprint density at radius 2 is 2.09 bits per heavy atom. The standard InChI is InChI=1S/C16H11N3O3/c1-9-4-5-12-10(7-9)8-11(15(20)17-12)14-18-16(22-19-14)13-3-2-6-21-13/h2-8H,1H3,(H,17,20). The Bertz CT molecular complexity index is 1010. The van der Waals surface area contributed by atoms with Crippen LogP contribution in [-0.4, -0.2) is 15.1 Å². The second kappa shape index (κ2) is 4.70. The van der Waals surface area contributed by atoms with Crippen molar-refractivity contribution in [3.63, 3.8) is 0 Å². The fourth-order valence-corrected chi connectivity index (χ4v) is 2.33. The van der Waals surface area contributed by atoms with Crippen LogP contribution < -0.4 is 5.56 Å². The first-order chi connectivity index (χ1) is 10.7. The van der Waals surface area contributed by atoms with E-state index in [1.807, 2.05) is 25.1 Å². The highest BCUT2D eigenvalue weighted by molar-refractivity contribution is 5.83. The summed E-state index contributed by atoms with van der Waals surface area (Å²) in [6.07, 6.45) is 1.52. The zero-order valence-electron chi connectivity index (χ0n) is 11.7. The maximum Gasteiger partial charge on any atom is 0.293 e. The molecule has 108 valence electrons. The van der Waals surface area contributed by atoms with Crippen LogP contribution in [0.4, 0.5) is 0 Å². The van der Waals surface area contributed by atoms with Crippen LogP contribution in [0.2, 0.25) is 0 Å². The highest BCUT2D eigenvalue weighted by Gasteiger charge is 2.15. The quantitative estimate of drug-likeness (QED) is 0.613. The third kappa shape index (κ3) is 2.01. The van der Waals surface area contributed by atoms with Crippen LogP contribution in [0.3, 0.4) is 0 Å². The number of furan rings is 1. The number of nitrogens with zero attached hydrogens (tertiary/aromatic N) is 2. The molecule has 1 N–H and O–H groups in total. The summed E-state index contributed by atoms with van der Waals surface area (Å²) < 4.78 is 10.3. The maximum atomic E-state index is 12.2. The predicted molar refractivity (Wildman–Crippen MR) is 80.3 cm³/mol. The molecule has 3 aromatic heterocycles. The van der Waals surface area contributed by atoms with Crippen molar-refractivity contribution in [2.75, 3.05) is 0 Å². The van der Waals surface area contributed by atoms with Gasteiger partial charge in [-0.05, 0) is 42.6 Å². The number of hydrogen-bond donors (Lipinski definition) is 1. The molecule has 0 radical (unpaired) electrons. The van der Waals surface area contributed by atoms with Crippen LogP contribution in [0.1, 0.15) is 5.56 Å². The molecule has 6 nitrogen and oxygen atoms in total. The van der Waals surface area contributed by atoms with E-state index in [4.69, 9.17) is 8.94 Å². The zero-order valence-corrected chi connectivity index (χ0v) is 11.7. The van der Waals surface area contributed by atoms with Crippen molar-refractivity contribution in [3.05, 3.63) is 58.6 Å². The van der Waals surface area contributed by atoms with Gasteiger partial charge in [0.15, 0.2) is 5.76 Å². The normalized spacial score (nSPS) is 11.1. The SMILES string of the molecule is Cc1ccc2[nH]c(=O)c(-c3noc(-c4ccco4)n3)cc2c1. The molecule has 4 aromatic rings. The summed E-state index contributed by atoms with van der Waals surface area (Å²) in [5.74, 6) is 0.937. The molecule has 0 bridgehead atoms. The first-order valence-corrected chi connectivity index (χ1v) is 6.72. The van der Waals surface area contributed by atoms with Gasteiger partial charge in [0.25, 0.3) is 11.4 Å². The van der Waals surface area contributed by atoms with Crippen molar-refractivity contribution >= 4 is 10.9 Å². The fourth-order valence-electron chi connectivity index (χ4n) is 2.33. The van der Waals surface area contributed by atoms with Gasteiger partial charge in [-0.3, -0.25) is 4.79 Å². The Morgan fingerprint density at radius 3 is 2.91 bits per heavy atom. The Labute approximate surface area is 124 Å². The van der Waals surface area contributed by atoms with E-state index < -0.39 is 0 Å².